The van der Waals surface area contributed by atoms with E-state index in [2.05, 4.69) is 11.4 Å². The van der Waals surface area contributed by atoms with E-state index in [0.29, 0.717) is 12.5 Å². The van der Waals surface area contributed by atoms with E-state index in [1.807, 2.05) is 18.2 Å². The lowest BCUT2D eigenvalue weighted by Gasteiger charge is -2.22. The van der Waals surface area contributed by atoms with Gasteiger partial charge in [-0.2, -0.15) is 0 Å². The van der Waals surface area contributed by atoms with Crippen LogP contribution in [0.3, 0.4) is 0 Å². The number of benzene rings is 1. The van der Waals surface area contributed by atoms with Crippen molar-refractivity contribution in [2.24, 2.45) is 5.92 Å². The molecule has 17 heavy (non-hydrogen) atoms. The zero-order chi connectivity index (χ0) is 11.9. The summed E-state index contributed by atoms with van der Waals surface area (Å²) >= 11 is 0. The Morgan fingerprint density at radius 2 is 2.24 bits per heavy atom. The van der Waals surface area contributed by atoms with Crippen LogP contribution in [0.25, 0.3) is 0 Å². The van der Waals surface area contributed by atoms with Gasteiger partial charge in [-0.3, -0.25) is 0 Å². The Balaban J connectivity index is 1.77. The topological polar surface area (TPSA) is 30.5 Å². The van der Waals surface area contributed by atoms with Gasteiger partial charge in [0.25, 0.3) is 0 Å². The van der Waals surface area contributed by atoms with Crippen molar-refractivity contribution in [2.75, 3.05) is 26.8 Å². The first kappa shape index (κ1) is 12.4. The molecule has 0 amide bonds. The van der Waals surface area contributed by atoms with Crippen molar-refractivity contribution in [2.45, 2.75) is 19.4 Å². The minimum atomic E-state index is 0.639. The van der Waals surface area contributed by atoms with Crippen molar-refractivity contribution in [1.82, 2.24) is 5.32 Å². The Hall–Kier alpha value is -1.06. The molecule has 94 valence electrons. The second-order valence-corrected chi connectivity index (χ2v) is 4.54. The molecule has 2 rings (SSSR count). The fourth-order valence-corrected chi connectivity index (χ4v) is 2.22. The van der Waals surface area contributed by atoms with Gasteiger partial charge in [0.1, 0.15) is 5.75 Å². The van der Waals surface area contributed by atoms with E-state index >= 15 is 0 Å². The Bertz CT molecular complexity index is 335. The van der Waals surface area contributed by atoms with Gasteiger partial charge in [0.05, 0.1) is 20.3 Å². The number of methoxy groups -OCH3 is 1. The fourth-order valence-electron chi connectivity index (χ4n) is 2.22. The number of hydrogen-bond donors (Lipinski definition) is 1. The molecule has 1 N–H and O–H groups in total. The van der Waals surface area contributed by atoms with Crippen molar-refractivity contribution in [1.29, 1.82) is 0 Å². The summed E-state index contributed by atoms with van der Waals surface area (Å²) in [4.78, 5) is 0. The minimum Gasteiger partial charge on any atom is -0.496 e. The lowest BCUT2D eigenvalue weighted by Crippen LogP contribution is -2.32. The molecule has 1 saturated heterocycles. The standard InChI is InChI=1S/C14H21NO2/c1-16-14-7-3-2-6-13(14)11-17-10-12-5-4-8-15-9-12/h2-3,6-7,12,15H,4-5,8-11H2,1H3. The zero-order valence-electron chi connectivity index (χ0n) is 10.4. The highest BCUT2D eigenvalue weighted by molar-refractivity contribution is 5.32. The van der Waals surface area contributed by atoms with Gasteiger partial charge in [-0.05, 0) is 31.4 Å². The van der Waals surface area contributed by atoms with E-state index in [-0.39, 0.29) is 0 Å². The lowest BCUT2D eigenvalue weighted by atomic mass is 10.0. The Labute approximate surface area is 103 Å². The van der Waals surface area contributed by atoms with Crippen LogP contribution in [0.5, 0.6) is 5.75 Å². The van der Waals surface area contributed by atoms with Crippen LogP contribution in [0.4, 0.5) is 0 Å². The zero-order valence-corrected chi connectivity index (χ0v) is 10.4. The van der Waals surface area contributed by atoms with Gasteiger partial charge in [0.15, 0.2) is 0 Å². The van der Waals surface area contributed by atoms with Crippen LogP contribution >= 0.6 is 0 Å². The first-order chi connectivity index (χ1) is 8.40. The van der Waals surface area contributed by atoms with Gasteiger partial charge in [0.2, 0.25) is 0 Å². The fraction of sp³-hybridized carbons (Fsp3) is 0.571. The number of para-hydroxylation sites is 1. The summed E-state index contributed by atoms with van der Waals surface area (Å²) in [6.07, 6.45) is 2.54. The molecule has 1 aromatic carbocycles. The summed E-state index contributed by atoms with van der Waals surface area (Å²) < 4.78 is 11.1. The summed E-state index contributed by atoms with van der Waals surface area (Å²) in [5.41, 5.74) is 1.12. The Morgan fingerprint density at radius 1 is 1.35 bits per heavy atom. The third kappa shape index (κ3) is 3.72. The molecule has 0 bridgehead atoms. The summed E-state index contributed by atoms with van der Waals surface area (Å²) in [5, 5.41) is 3.40. The molecular weight excluding hydrogens is 214 g/mol. The molecule has 1 fully saturated rings. The number of ether oxygens (including phenoxy) is 2. The summed E-state index contributed by atoms with van der Waals surface area (Å²) in [7, 11) is 1.70. The van der Waals surface area contributed by atoms with E-state index in [9.17, 15) is 0 Å². The molecule has 0 aliphatic carbocycles. The van der Waals surface area contributed by atoms with Gasteiger partial charge in [-0.1, -0.05) is 18.2 Å². The first-order valence-corrected chi connectivity index (χ1v) is 6.30. The molecule has 3 heteroatoms. The summed E-state index contributed by atoms with van der Waals surface area (Å²) in [5.74, 6) is 1.58. The molecule has 0 radical (unpaired) electrons. The number of hydrogen-bond acceptors (Lipinski definition) is 3. The highest BCUT2D eigenvalue weighted by Crippen LogP contribution is 2.19. The third-order valence-electron chi connectivity index (χ3n) is 3.20. The molecular formula is C14H21NO2. The van der Waals surface area contributed by atoms with Gasteiger partial charge in [-0.15, -0.1) is 0 Å². The predicted molar refractivity (Wildman–Crippen MR) is 68.2 cm³/mol. The van der Waals surface area contributed by atoms with Gasteiger partial charge >= 0.3 is 0 Å². The van der Waals surface area contributed by atoms with Crippen molar-refractivity contribution in [3.05, 3.63) is 29.8 Å². The SMILES string of the molecule is COc1ccccc1COCC1CCCNC1. The van der Waals surface area contributed by atoms with E-state index in [1.54, 1.807) is 7.11 Å². The highest BCUT2D eigenvalue weighted by Gasteiger charge is 2.13. The van der Waals surface area contributed by atoms with Crippen molar-refractivity contribution in [3.8, 4) is 5.75 Å². The lowest BCUT2D eigenvalue weighted by molar-refractivity contribution is 0.0770. The van der Waals surface area contributed by atoms with E-state index in [0.717, 1.165) is 31.0 Å². The maximum absolute atomic E-state index is 5.78. The van der Waals surface area contributed by atoms with E-state index in [4.69, 9.17) is 9.47 Å². The molecule has 1 aliphatic heterocycles. The third-order valence-corrected chi connectivity index (χ3v) is 3.20. The molecule has 0 aromatic heterocycles. The Morgan fingerprint density at radius 3 is 3.00 bits per heavy atom. The number of rotatable bonds is 5. The molecule has 3 nitrogen and oxygen atoms in total. The van der Waals surface area contributed by atoms with Crippen LogP contribution in [-0.2, 0) is 11.3 Å². The molecule has 0 spiro atoms. The van der Waals surface area contributed by atoms with Crippen LogP contribution in [-0.4, -0.2) is 26.8 Å². The quantitative estimate of drug-likeness (QED) is 0.848. The molecule has 0 saturated carbocycles. The maximum Gasteiger partial charge on any atom is 0.124 e. The average molecular weight is 235 g/mol. The van der Waals surface area contributed by atoms with Crippen LogP contribution in [0.1, 0.15) is 18.4 Å². The van der Waals surface area contributed by atoms with Crippen LogP contribution in [0.15, 0.2) is 24.3 Å². The molecule has 1 aromatic rings. The predicted octanol–water partition coefficient (Wildman–Crippen LogP) is 2.21. The van der Waals surface area contributed by atoms with Gasteiger partial charge in [-0.25, -0.2) is 0 Å². The normalized spacial score (nSPS) is 20.2. The summed E-state index contributed by atoms with van der Waals surface area (Å²) in [6.45, 7) is 3.72. The number of piperidine rings is 1. The number of nitrogens with one attached hydrogen (secondary N) is 1. The molecule has 1 aliphatic rings. The second kappa shape index (κ2) is 6.62. The van der Waals surface area contributed by atoms with Crippen molar-refractivity contribution >= 4 is 0 Å². The molecule has 1 atom stereocenters. The average Bonchev–Trinajstić information content (AvgIpc) is 2.40. The highest BCUT2D eigenvalue weighted by atomic mass is 16.5. The minimum absolute atomic E-state index is 0.639. The largest absolute Gasteiger partial charge is 0.496 e. The van der Waals surface area contributed by atoms with Crippen molar-refractivity contribution < 1.29 is 9.47 Å². The smallest absolute Gasteiger partial charge is 0.124 e. The van der Waals surface area contributed by atoms with E-state index < -0.39 is 0 Å². The monoisotopic (exact) mass is 235 g/mol. The molecule has 1 heterocycles. The Kier molecular flexibility index (Phi) is 4.83. The van der Waals surface area contributed by atoms with Crippen LogP contribution in [0.2, 0.25) is 0 Å². The second-order valence-electron chi connectivity index (χ2n) is 4.54. The van der Waals surface area contributed by atoms with Crippen LogP contribution < -0.4 is 10.1 Å². The summed E-state index contributed by atoms with van der Waals surface area (Å²) in [6, 6.07) is 8.02. The van der Waals surface area contributed by atoms with Gasteiger partial charge in [0, 0.05) is 12.1 Å². The van der Waals surface area contributed by atoms with E-state index in [1.165, 1.54) is 12.8 Å². The van der Waals surface area contributed by atoms with Crippen LogP contribution in [0, 0.1) is 5.92 Å². The van der Waals surface area contributed by atoms with Gasteiger partial charge < -0.3 is 14.8 Å². The molecule has 1 unspecified atom stereocenters. The first-order valence-electron chi connectivity index (χ1n) is 6.30. The maximum atomic E-state index is 5.78. The van der Waals surface area contributed by atoms with Crippen molar-refractivity contribution in [3.63, 3.8) is 0 Å².